The van der Waals surface area contributed by atoms with Crippen LogP contribution in [-0.4, -0.2) is 14.8 Å². The first-order valence-corrected chi connectivity index (χ1v) is 7.16. The average molecular weight is 260 g/mol. The highest BCUT2D eigenvalue weighted by Gasteiger charge is 2.23. The lowest BCUT2D eigenvalue weighted by atomic mass is 9.83. The minimum absolute atomic E-state index is 0.502. The van der Waals surface area contributed by atoms with Crippen molar-refractivity contribution in [3.8, 4) is 0 Å². The summed E-state index contributed by atoms with van der Waals surface area (Å²) >= 11 is 7.12. The highest BCUT2D eigenvalue weighted by molar-refractivity contribution is 6.99. The summed E-state index contributed by atoms with van der Waals surface area (Å²) in [4.78, 5) is 0. The summed E-state index contributed by atoms with van der Waals surface area (Å²) in [6.45, 7) is 2.22. The third kappa shape index (κ3) is 2.86. The molecule has 5 heteroatoms. The van der Waals surface area contributed by atoms with E-state index in [0.717, 1.165) is 18.2 Å². The lowest BCUT2D eigenvalue weighted by molar-refractivity contribution is 0.312. The molecule has 1 aliphatic rings. The average Bonchev–Trinajstić information content (AvgIpc) is 2.73. The standard InChI is InChI=1S/C11H18ClN3S/c1-2-9(8-6-4-3-5-7-8)13-11-10(12)14-16-15-11/h8-9H,2-7H2,1H3,(H,13,15). The fourth-order valence-corrected chi connectivity index (χ4v) is 3.19. The van der Waals surface area contributed by atoms with Gasteiger partial charge in [-0.05, 0) is 25.2 Å². The van der Waals surface area contributed by atoms with Crippen LogP contribution in [0, 0.1) is 5.92 Å². The number of anilines is 1. The maximum Gasteiger partial charge on any atom is 0.186 e. The van der Waals surface area contributed by atoms with Gasteiger partial charge in [0.15, 0.2) is 11.0 Å². The Kier molecular flexibility index (Phi) is 4.41. The number of nitrogens with one attached hydrogen (secondary N) is 1. The highest BCUT2D eigenvalue weighted by atomic mass is 35.5. The van der Waals surface area contributed by atoms with Crippen molar-refractivity contribution in [1.82, 2.24) is 8.75 Å². The van der Waals surface area contributed by atoms with E-state index in [-0.39, 0.29) is 0 Å². The van der Waals surface area contributed by atoms with Gasteiger partial charge in [-0.15, -0.1) is 0 Å². The van der Waals surface area contributed by atoms with E-state index in [1.807, 2.05) is 0 Å². The number of halogens is 1. The zero-order chi connectivity index (χ0) is 11.4. The molecular formula is C11H18ClN3S. The van der Waals surface area contributed by atoms with Crippen molar-refractivity contribution >= 4 is 29.1 Å². The molecule has 16 heavy (non-hydrogen) atoms. The van der Waals surface area contributed by atoms with Crippen LogP contribution in [0.15, 0.2) is 0 Å². The summed E-state index contributed by atoms with van der Waals surface area (Å²) in [5.74, 6) is 1.54. The second kappa shape index (κ2) is 5.82. The Morgan fingerprint density at radius 3 is 2.69 bits per heavy atom. The van der Waals surface area contributed by atoms with Crippen LogP contribution in [-0.2, 0) is 0 Å². The topological polar surface area (TPSA) is 37.8 Å². The molecule has 0 radical (unpaired) electrons. The molecule has 0 amide bonds. The number of nitrogens with zero attached hydrogens (tertiary/aromatic N) is 2. The number of hydrogen-bond acceptors (Lipinski definition) is 4. The van der Waals surface area contributed by atoms with E-state index in [1.54, 1.807) is 0 Å². The minimum atomic E-state index is 0.502. The van der Waals surface area contributed by atoms with Gasteiger partial charge in [0.2, 0.25) is 0 Å². The Labute approximate surface area is 106 Å². The Bertz CT molecular complexity index is 323. The Balaban J connectivity index is 1.97. The van der Waals surface area contributed by atoms with Crippen LogP contribution in [0.2, 0.25) is 5.15 Å². The molecule has 1 fully saturated rings. The van der Waals surface area contributed by atoms with E-state index in [9.17, 15) is 0 Å². The molecule has 1 saturated carbocycles. The van der Waals surface area contributed by atoms with Gasteiger partial charge in [-0.25, -0.2) is 0 Å². The molecular weight excluding hydrogens is 242 g/mol. The van der Waals surface area contributed by atoms with E-state index in [2.05, 4.69) is 21.0 Å². The van der Waals surface area contributed by atoms with Crippen molar-refractivity contribution in [3.05, 3.63) is 5.15 Å². The van der Waals surface area contributed by atoms with Crippen LogP contribution >= 0.6 is 23.3 Å². The van der Waals surface area contributed by atoms with E-state index < -0.39 is 0 Å². The van der Waals surface area contributed by atoms with Crippen molar-refractivity contribution in [3.63, 3.8) is 0 Å². The molecule has 0 spiro atoms. The van der Waals surface area contributed by atoms with Crippen molar-refractivity contribution < 1.29 is 0 Å². The van der Waals surface area contributed by atoms with Gasteiger partial charge < -0.3 is 5.32 Å². The molecule has 1 unspecified atom stereocenters. The molecule has 1 aliphatic carbocycles. The fraction of sp³-hybridized carbons (Fsp3) is 0.818. The lowest BCUT2D eigenvalue weighted by Gasteiger charge is -2.30. The van der Waals surface area contributed by atoms with Gasteiger partial charge in [-0.1, -0.05) is 37.8 Å². The SMILES string of the molecule is CCC(Nc1nsnc1Cl)C1CCCCC1. The van der Waals surface area contributed by atoms with E-state index in [0.29, 0.717) is 11.2 Å². The molecule has 1 aromatic heterocycles. The molecule has 0 aromatic carbocycles. The largest absolute Gasteiger partial charge is 0.364 e. The summed E-state index contributed by atoms with van der Waals surface area (Å²) < 4.78 is 8.17. The number of aromatic nitrogens is 2. The zero-order valence-corrected chi connectivity index (χ0v) is 11.2. The molecule has 0 bridgehead atoms. The molecule has 90 valence electrons. The van der Waals surface area contributed by atoms with Crippen LogP contribution in [0.1, 0.15) is 45.4 Å². The number of hydrogen-bond donors (Lipinski definition) is 1. The van der Waals surface area contributed by atoms with Crippen LogP contribution in [0.3, 0.4) is 0 Å². The third-order valence-corrected chi connectivity index (χ3v) is 4.32. The zero-order valence-electron chi connectivity index (χ0n) is 9.58. The van der Waals surface area contributed by atoms with Crippen molar-refractivity contribution in [1.29, 1.82) is 0 Å². The van der Waals surface area contributed by atoms with Gasteiger partial charge in [-0.2, -0.15) is 8.75 Å². The Morgan fingerprint density at radius 1 is 1.38 bits per heavy atom. The minimum Gasteiger partial charge on any atom is -0.364 e. The lowest BCUT2D eigenvalue weighted by Crippen LogP contribution is -2.30. The summed E-state index contributed by atoms with van der Waals surface area (Å²) in [6, 6.07) is 0.502. The monoisotopic (exact) mass is 259 g/mol. The van der Waals surface area contributed by atoms with Crippen molar-refractivity contribution in [2.24, 2.45) is 5.92 Å². The fourth-order valence-electron chi connectivity index (χ4n) is 2.53. The maximum atomic E-state index is 5.95. The molecule has 2 rings (SSSR count). The normalized spacial score (nSPS) is 19.6. The van der Waals surface area contributed by atoms with Crippen LogP contribution in [0.5, 0.6) is 0 Å². The first-order valence-electron chi connectivity index (χ1n) is 6.06. The quantitative estimate of drug-likeness (QED) is 0.889. The van der Waals surface area contributed by atoms with Crippen molar-refractivity contribution in [2.45, 2.75) is 51.5 Å². The molecule has 1 N–H and O–H groups in total. The van der Waals surface area contributed by atoms with E-state index in [4.69, 9.17) is 11.6 Å². The summed E-state index contributed by atoms with van der Waals surface area (Å²) in [6.07, 6.45) is 7.92. The Hall–Kier alpha value is -0.350. The van der Waals surface area contributed by atoms with Crippen molar-refractivity contribution in [2.75, 3.05) is 5.32 Å². The van der Waals surface area contributed by atoms with Crippen LogP contribution in [0.4, 0.5) is 5.82 Å². The number of rotatable bonds is 4. The molecule has 1 atom stereocenters. The smallest absolute Gasteiger partial charge is 0.186 e. The predicted molar refractivity (Wildman–Crippen MR) is 69.2 cm³/mol. The van der Waals surface area contributed by atoms with Crippen LogP contribution < -0.4 is 5.32 Å². The first kappa shape index (κ1) is 12.1. The van der Waals surface area contributed by atoms with E-state index in [1.165, 1.54) is 43.8 Å². The van der Waals surface area contributed by atoms with Gasteiger partial charge >= 0.3 is 0 Å². The van der Waals surface area contributed by atoms with E-state index >= 15 is 0 Å². The molecule has 0 saturated heterocycles. The summed E-state index contributed by atoms with van der Waals surface area (Å²) in [5, 5.41) is 3.96. The summed E-state index contributed by atoms with van der Waals surface area (Å²) in [5.41, 5.74) is 0. The predicted octanol–water partition coefficient (Wildman–Crippen LogP) is 3.96. The maximum absolute atomic E-state index is 5.95. The Morgan fingerprint density at radius 2 is 2.12 bits per heavy atom. The van der Waals surface area contributed by atoms with Gasteiger partial charge in [0, 0.05) is 6.04 Å². The van der Waals surface area contributed by atoms with Gasteiger partial charge in [0.05, 0.1) is 11.7 Å². The second-order valence-corrected chi connectivity index (χ2v) is 5.35. The molecule has 1 aromatic rings. The molecule has 3 nitrogen and oxygen atoms in total. The summed E-state index contributed by atoms with van der Waals surface area (Å²) in [7, 11) is 0. The van der Waals surface area contributed by atoms with Gasteiger partial charge in [0.25, 0.3) is 0 Å². The second-order valence-electron chi connectivity index (χ2n) is 4.46. The molecule has 0 aliphatic heterocycles. The van der Waals surface area contributed by atoms with Crippen LogP contribution in [0.25, 0.3) is 0 Å². The first-order chi connectivity index (χ1) is 7.81. The third-order valence-electron chi connectivity index (χ3n) is 3.43. The highest BCUT2D eigenvalue weighted by Crippen LogP contribution is 2.30. The molecule has 1 heterocycles. The van der Waals surface area contributed by atoms with Gasteiger partial charge in [0.1, 0.15) is 0 Å². The van der Waals surface area contributed by atoms with Gasteiger partial charge in [-0.3, -0.25) is 0 Å².